The lowest BCUT2D eigenvalue weighted by molar-refractivity contribution is -0.140. The first-order valence-electron chi connectivity index (χ1n) is 8.71. The molecule has 0 aliphatic heterocycles. The zero-order valence-corrected chi connectivity index (χ0v) is 15.9. The molecule has 6 heteroatoms. The van der Waals surface area contributed by atoms with Crippen molar-refractivity contribution in [2.75, 3.05) is 34.4 Å². The van der Waals surface area contributed by atoms with Gasteiger partial charge >= 0.3 is 5.97 Å². The Morgan fingerprint density at radius 3 is 2.22 bits per heavy atom. The Morgan fingerprint density at radius 2 is 1.59 bits per heavy atom. The summed E-state index contributed by atoms with van der Waals surface area (Å²) in [6.45, 7) is 0.779. The van der Waals surface area contributed by atoms with Crippen LogP contribution in [0, 0.1) is 0 Å². The highest BCUT2D eigenvalue weighted by molar-refractivity contribution is 5.95. The van der Waals surface area contributed by atoms with E-state index >= 15 is 0 Å². The van der Waals surface area contributed by atoms with Gasteiger partial charge in [0.15, 0.2) is 11.5 Å². The third-order valence-electron chi connectivity index (χ3n) is 4.24. The average molecular weight is 371 g/mol. The lowest BCUT2D eigenvalue weighted by atomic mass is 10.1. The van der Waals surface area contributed by atoms with Crippen molar-refractivity contribution < 1.29 is 23.8 Å². The minimum atomic E-state index is -0.347. The molecule has 0 saturated carbocycles. The van der Waals surface area contributed by atoms with Crippen molar-refractivity contribution in [2.45, 2.75) is 12.8 Å². The summed E-state index contributed by atoms with van der Waals surface area (Å²) in [5.74, 6) is 0.523. The molecule has 0 aliphatic carbocycles. The number of hydrogen-bond donors (Lipinski definition) is 0. The second kappa shape index (κ2) is 10.2. The highest BCUT2D eigenvalue weighted by Crippen LogP contribution is 2.28. The third kappa shape index (κ3) is 5.74. The van der Waals surface area contributed by atoms with Crippen LogP contribution in [0.1, 0.15) is 22.3 Å². The topological polar surface area (TPSA) is 65.1 Å². The van der Waals surface area contributed by atoms with Crippen molar-refractivity contribution in [3.63, 3.8) is 0 Å². The van der Waals surface area contributed by atoms with Crippen LogP contribution in [-0.4, -0.2) is 51.2 Å². The van der Waals surface area contributed by atoms with Crippen LogP contribution in [-0.2, 0) is 16.0 Å². The van der Waals surface area contributed by atoms with Crippen LogP contribution in [0.3, 0.4) is 0 Å². The van der Waals surface area contributed by atoms with Gasteiger partial charge in [-0.2, -0.15) is 0 Å². The Kier molecular flexibility index (Phi) is 7.67. The maximum atomic E-state index is 13.0. The van der Waals surface area contributed by atoms with Crippen molar-refractivity contribution in [1.29, 1.82) is 0 Å². The number of carbonyl (C=O) groups is 2. The summed E-state index contributed by atoms with van der Waals surface area (Å²) in [4.78, 5) is 26.2. The molecule has 0 radical (unpaired) electrons. The second-order valence-electron chi connectivity index (χ2n) is 5.92. The Labute approximate surface area is 159 Å². The van der Waals surface area contributed by atoms with Gasteiger partial charge in [0.05, 0.1) is 27.8 Å². The van der Waals surface area contributed by atoms with Crippen LogP contribution >= 0.6 is 0 Å². The maximum absolute atomic E-state index is 13.0. The number of rotatable bonds is 9. The summed E-state index contributed by atoms with van der Waals surface area (Å²) >= 11 is 0. The molecule has 0 bridgehead atoms. The lowest BCUT2D eigenvalue weighted by Crippen LogP contribution is -2.35. The molecule has 0 aromatic heterocycles. The van der Waals surface area contributed by atoms with Crippen LogP contribution < -0.4 is 9.47 Å². The summed E-state index contributed by atoms with van der Waals surface area (Å²) in [5.41, 5.74) is 1.60. The van der Waals surface area contributed by atoms with E-state index in [0.717, 1.165) is 5.56 Å². The normalized spacial score (nSPS) is 10.2. The first-order valence-corrected chi connectivity index (χ1v) is 8.71. The number of esters is 1. The molecule has 1 amide bonds. The summed E-state index contributed by atoms with van der Waals surface area (Å²) < 4.78 is 15.2. The number of benzene rings is 2. The molecule has 0 heterocycles. The monoisotopic (exact) mass is 371 g/mol. The first kappa shape index (κ1) is 20.3. The average Bonchev–Trinajstić information content (AvgIpc) is 2.73. The molecule has 2 aromatic rings. The smallest absolute Gasteiger partial charge is 0.307 e. The van der Waals surface area contributed by atoms with Crippen molar-refractivity contribution in [2.24, 2.45) is 0 Å². The molecule has 144 valence electrons. The first-order chi connectivity index (χ1) is 13.1. The highest BCUT2D eigenvalue weighted by Gasteiger charge is 2.19. The van der Waals surface area contributed by atoms with Gasteiger partial charge in [0.1, 0.15) is 0 Å². The van der Waals surface area contributed by atoms with E-state index in [4.69, 9.17) is 14.2 Å². The van der Waals surface area contributed by atoms with Gasteiger partial charge in [0.25, 0.3) is 5.91 Å². The van der Waals surface area contributed by atoms with E-state index in [1.54, 1.807) is 30.2 Å². The van der Waals surface area contributed by atoms with Gasteiger partial charge < -0.3 is 19.1 Å². The number of ether oxygens (including phenoxy) is 3. The molecule has 0 unspecified atom stereocenters. The predicted molar refractivity (Wildman–Crippen MR) is 102 cm³/mol. The molecule has 0 spiro atoms. The Bertz CT molecular complexity index is 760. The van der Waals surface area contributed by atoms with Crippen molar-refractivity contribution >= 4 is 11.9 Å². The fraction of sp³-hybridized carbons (Fsp3) is 0.333. The van der Waals surface area contributed by atoms with Gasteiger partial charge in [-0.15, -0.1) is 0 Å². The van der Waals surface area contributed by atoms with Crippen LogP contribution in [0.4, 0.5) is 0 Å². The SMILES string of the molecule is COC(=O)CCN(CCc1ccccc1)C(=O)c1ccc(OC)c(OC)c1. The zero-order chi connectivity index (χ0) is 19.6. The second-order valence-corrected chi connectivity index (χ2v) is 5.92. The maximum Gasteiger partial charge on any atom is 0.307 e. The highest BCUT2D eigenvalue weighted by atomic mass is 16.5. The molecular weight excluding hydrogens is 346 g/mol. The van der Waals surface area contributed by atoms with Gasteiger partial charge in [-0.25, -0.2) is 0 Å². The van der Waals surface area contributed by atoms with E-state index in [0.29, 0.717) is 30.0 Å². The molecule has 0 saturated heterocycles. The molecule has 27 heavy (non-hydrogen) atoms. The van der Waals surface area contributed by atoms with Gasteiger partial charge in [-0.05, 0) is 30.2 Å². The van der Waals surface area contributed by atoms with Crippen molar-refractivity contribution in [3.8, 4) is 11.5 Å². The quantitative estimate of drug-likeness (QED) is 0.634. The molecule has 6 nitrogen and oxygen atoms in total. The number of nitrogens with zero attached hydrogens (tertiary/aromatic N) is 1. The molecule has 0 aliphatic rings. The number of amides is 1. The Balaban J connectivity index is 2.17. The van der Waals surface area contributed by atoms with E-state index in [1.165, 1.54) is 14.2 Å². The lowest BCUT2D eigenvalue weighted by Gasteiger charge is -2.23. The number of methoxy groups -OCH3 is 3. The van der Waals surface area contributed by atoms with Crippen LogP contribution in [0.5, 0.6) is 11.5 Å². The van der Waals surface area contributed by atoms with E-state index < -0.39 is 0 Å². The van der Waals surface area contributed by atoms with E-state index in [1.807, 2.05) is 30.3 Å². The van der Waals surface area contributed by atoms with E-state index in [2.05, 4.69) is 0 Å². The molecule has 0 fully saturated rings. The summed E-state index contributed by atoms with van der Waals surface area (Å²) in [7, 11) is 4.41. The van der Waals surface area contributed by atoms with E-state index in [-0.39, 0.29) is 24.8 Å². The van der Waals surface area contributed by atoms with Gasteiger partial charge in [-0.1, -0.05) is 30.3 Å². The van der Waals surface area contributed by atoms with Gasteiger partial charge in [0.2, 0.25) is 0 Å². The summed E-state index contributed by atoms with van der Waals surface area (Å²) in [5, 5.41) is 0. The van der Waals surface area contributed by atoms with Crippen LogP contribution in [0.15, 0.2) is 48.5 Å². The number of carbonyl (C=O) groups excluding carboxylic acids is 2. The summed E-state index contributed by atoms with van der Waals surface area (Å²) in [6, 6.07) is 14.9. The summed E-state index contributed by atoms with van der Waals surface area (Å²) in [6.07, 6.45) is 0.839. The van der Waals surface area contributed by atoms with Crippen LogP contribution in [0.25, 0.3) is 0 Å². The number of hydrogen-bond acceptors (Lipinski definition) is 5. The Hall–Kier alpha value is -3.02. The molecule has 0 N–H and O–H groups in total. The molecular formula is C21H25NO5. The standard InChI is InChI=1S/C21H25NO5/c1-25-18-10-9-17(15-19(18)26-2)21(24)22(14-12-20(23)27-3)13-11-16-7-5-4-6-8-16/h4-10,15H,11-14H2,1-3H3. The minimum Gasteiger partial charge on any atom is -0.493 e. The minimum absolute atomic E-state index is 0.143. The van der Waals surface area contributed by atoms with Crippen LogP contribution in [0.2, 0.25) is 0 Å². The largest absolute Gasteiger partial charge is 0.493 e. The fourth-order valence-electron chi connectivity index (χ4n) is 2.70. The van der Waals surface area contributed by atoms with E-state index in [9.17, 15) is 9.59 Å². The Morgan fingerprint density at radius 1 is 0.889 bits per heavy atom. The van der Waals surface area contributed by atoms with Crippen molar-refractivity contribution in [3.05, 3.63) is 59.7 Å². The zero-order valence-electron chi connectivity index (χ0n) is 15.9. The third-order valence-corrected chi connectivity index (χ3v) is 4.24. The molecule has 0 atom stereocenters. The van der Waals surface area contributed by atoms with Crippen molar-refractivity contribution in [1.82, 2.24) is 4.90 Å². The fourth-order valence-corrected chi connectivity index (χ4v) is 2.70. The van der Waals surface area contributed by atoms with Gasteiger partial charge in [-0.3, -0.25) is 9.59 Å². The molecule has 2 aromatic carbocycles. The predicted octanol–water partition coefficient (Wildman–Crippen LogP) is 2.95. The van der Waals surface area contributed by atoms with Gasteiger partial charge in [0, 0.05) is 18.7 Å². The molecule has 2 rings (SSSR count).